The van der Waals surface area contributed by atoms with Crippen LogP contribution in [0.4, 0.5) is 10.5 Å². The van der Waals surface area contributed by atoms with Crippen LogP contribution in [0, 0.1) is 10.1 Å². The second-order valence-corrected chi connectivity index (χ2v) is 3.06. The van der Waals surface area contributed by atoms with Gasteiger partial charge in [-0.3, -0.25) is 10.1 Å². The Morgan fingerprint density at radius 1 is 1.60 bits per heavy atom. The minimum atomic E-state index is -1.10. The topological polar surface area (TPSA) is 69.4 Å². The van der Waals surface area contributed by atoms with Crippen molar-refractivity contribution in [2.75, 3.05) is 0 Å². The van der Waals surface area contributed by atoms with Gasteiger partial charge in [0.05, 0.1) is 4.92 Å². The molecule has 1 aromatic carbocycles. The Kier molecular flexibility index (Phi) is 3.62. The fraction of sp³-hybridized carbons (Fsp3) is 0.222. The highest BCUT2D eigenvalue weighted by atomic mass is 35.5. The number of nitrogens with zero attached hydrogens (tertiary/aromatic N) is 1. The maximum Gasteiger partial charge on any atom is 0.409 e. The van der Waals surface area contributed by atoms with Crippen molar-refractivity contribution in [2.24, 2.45) is 0 Å². The standard InChI is InChI=1S/C9H8ClNO4/c1-2-6-3-4-8(15-9(10)12)7(5-6)11(13)14/h3-5H,2H2,1H3. The summed E-state index contributed by atoms with van der Waals surface area (Å²) in [6, 6.07) is 4.36. The maximum atomic E-state index is 10.6. The van der Waals surface area contributed by atoms with Gasteiger partial charge >= 0.3 is 11.1 Å². The molecule has 0 unspecified atom stereocenters. The van der Waals surface area contributed by atoms with Crippen LogP contribution in [0.2, 0.25) is 0 Å². The summed E-state index contributed by atoms with van der Waals surface area (Å²) in [5.74, 6) is -0.141. The molecule has 0 aliphatic heterocycles. The second kappa shape index (κ2) is 4.75. The second-order valence-electron chi connectivity index (χ2n) is 2.75. The number of carbonyl (C=O) groups is 1. The van der Waals surface area contributed by atoms with E-state index in [0.717, 1.165) is 5.56 Å². The van der Waals surface area contributed by atoms with Crippen molar-refractivity contribution < 1.29 is 14.5 Å². The van der Waals surface area contributed by atoms with Crippen LogP contribution in [0.1, 0.15) is 12.5 Å². The van der Waals surface area contributed by atoms with Crippen molar-refractivity contribution in [3.63, 3.8) is 0 Å². The molecule has 15 heavy (non-hydrogen) atoms. The van der Waals surface area contributed by atoms with Gasteiger partial charge in [-0.1, -0.05) is 13.0 Å². The van der Waals surface area contributed by atoms with Crippen LogP contribution in [-0.2, 0) is 6.42 Å². The normalized spacial score (nSPS) is 9.73. The van der Waals surface area contributed by atoms with Gasteiger partial charge in [-0.25, -0.2) is 4.79 Å². The van der Waals surface area contributed by atoms with E-state index in [2.05, 4.69) is 4.74 Å². The van der Waals surface area contributed by atoms with Gasteiger partial charge in [-0.15, -0.1) is 0 Å². The average Bonchev–Trinajstić information content (AvgIpc) is 2.17. The Hall–Kier alpha value is -1.62. The molecule has 0 amide bonds. The molecule has 0 bridgehead atoms. The molecule has 0 radical (unpaired) electrons. The van der Waals surface area contributed by atoms with Gasteiger partial charge in [-0.2, -0.15) is 0 Å². The Morgan fingerprint density at radius 2 is 2.27 bits per heavy atom. The van der Waals surface area contributed by atoms with Crippen LogP contribution in [0.25, 0.3) is 0 Å². The SMILES string of the molecule is CCc1ccc(OC(=O)Cl)c([N+](=O)[O-])c1. The molecule has 1 aromatic rings. The lowest BCUT2D eigenvalue weighted by atomic mass is 10.1. The molecular formula is C9H8ClNO4. The smallest absolute Gasteiger partial charge is 0.407 e. The average molecular weight is 230 g/mol. The molecule has 0 N–H and O–H groups in total. The van der Waals surface area contributed by atoms with Crippen LogP contribution < -0.4 is 4.74 Å². The van der Waals surface area contributed by atoms with Gasteiger partial charge in [0.15, 0.2) is 0 Å². The van der Waals surface area contributed by atoms with E-state index < -0.39 is 10.4 Å². The number of rotatable bonds is 3. The van der Waals surface area contributed by atoms with E-state index in [4.69, 9.17) is 11.6 Å². The number of hydrogen-bond donors (Lipinski definition) is 0. The molecule has 80 valence electrons. The van der Waals surface area contributed by atoms with E-state index in [1.54, 1.807) is 6.07 Å². The Morgan fingerprint density at radius 3 is 2.73 bits per heavy atom. The first-order valence-corrected chi connectivity index (χ1v) is 4.57. The van der Waals surface area contributed by atoms with Crippen molar-refractivity contribution in [3.05, 3.63) is 33.9 Å². The summed E-state index contributed by atoms with van der Waals surface area (Å²) in [7, 11) is 0. The summed E-state index contributed by atoms with van der Waals surface area (Å²) in [4.78, 5) is 20.5. The number of halogens is 1. The minimum Gasteiger partial charge on any atom is -0.407 e. The third kappa shape index (κ3) is 2.92. The van der Waals surface area contributed by atoms with Crippen LogP contribution in [0.3, 0.4) is 0 Å². The van der Waals surface area contributed by atoms with Gasteiger partial charge in [0, 0.05) is 17.7 Å². The molecule has 0 heterocycles. The Labute approximate surface area is 90.8 Å². The fourth-order valence-electron chi connectivity index (χ4n) is 1.10. The van der Waals surface area contributed by atoms with E-state index >= 15 is 0 Å². The van der Waals surface area contributed by atoms with Gasteiger partial charge in [-0.05, 0) is 18.1 Å². The Balaban J connectivity index is 3.15. The fourth-order valence-corrected chi connectivity index (χ4v) is 1.18. The monoisotopic (exact) mass is 229 g/mol. The third-order valence-electron chi connectivity index (χ3n) is 1.82. The molecule has 0 atom stereocenters. The number of nitro benzene ring substituents is 1. The van der Waals surface area contributed by atoms with Crippen LogP contribution in [-0.4, -0.2) is 10.4 Å². The van der Waals surface area contributed by atoms with E-state index in [1.807, 2.05) is 6.92 Å². The minimum absolute atomic E-state index is 0.141. The van der Waals surface area contributed by atoms with Crippen molar-refractivity contribution >= 4 is 22.7 Å². The summed E-state index contributed by atoms with van der Waals surface area (Å²) in [6.45, 7) is 1.87. The van der Waals surface area contributed by atoms with Crippen LogP contribution >= 0.6 is 11.6 Å². The third-order valence-corrected chi connectivity index (χ3v) is 1.90. The lowest BCUT2D eigenvalue weighted by Gasteiger charge is -2.02. The summed E-state index contributed by atoms with van der Waals surface area (Å²) in [6.07, 6.45) is 0.663. The molecule has 0 saturated heterocycles. The number of benzene rings is 1. The van der Waals surface area contributed by atoms with Gasteiger partial charge in [0.2, 0.25) is 5.75 Å². The zero-order valence-electron chi connectivity index (χ0n) is 7.90. The van der Waals surface area contributed by atoms with Crippen molar-refractivity contribution in [1.82, 2.24) is 0 Å². The van der Waals surface area contributed by atoms with Crippen LogP contribution in [0.5, 0.6) is 5.75 Å². The first kappa shape index (κ1) is 11.5. The van der Waals surface area contributed by atoms with E-state index in [9.17, 15) is 14.9 Å². The first-order chi connectivity index (χ1) is 7.04. The lowest BCUT2D eigenvalue weighted by molar-refractivity contribution is -0.385. The van der Waals surface area contributed by atoms with Crippen molar-refractivity contribution in [2.45, 2.75) is 13.3 Å². The molecule has 6 heteroatoms. The lowest BCUT2D eigenvalue weighted by Crippen LogP contribution is -2.00. The summed E-state index contributed by atoms with van der Waals surface area (Å²) in [5.41, 5.74) is -0.568. The summed E-state index contributed by atoms with van der Waals surface area (Å²) < 4.78 is 4.49. The molecule has 0 fully saturated rings. The number of ether oxygens (including phenoxy) is 1. The van der Waals surface area contributed by atoms with Crippen molar-refractivity contribution in [3.8, 4) is 5.75 Å². The van der Waals surface area contributed by atoms with Gasteiger partial charge in [0.1, 0.15) is 0 Å². The largest absolute Gasteiger partial charge is 0.409 e. The molecule has 1 rings (SSSR count). The molecule has 0 saturated carbocycles. The molecule has 0 aliphatic rings. The first-order valence-electron chi connectivity index (χ1n) is 4.19. The molecule has 0 aliphatic carbocycles. The summed E-state index contributed by atoms with van der Waals surface area (Å²) >= 11 is 4.98. The summed E-state index contributed by atoms with van der Waals surface area (Å²) in [5, 5.41) is 10.6. The number of carbonyl (C=O) groups excluding carboxylic acids is 1. The highest BCUT2D eigenvalue weighted by Crippen LogP contribution is 2.28. The van der Waals surface area contributed by atoms with Crippen molar-refractivity contribution in [1.29, 1.82) is 0 Å². The molecule has 5 nitrogen and oxygen atoms in total. The van der Waals surface area contributed by atoms with E-state index in [1.165, 1.54) is 12.1 Å². The zero-order chi connectivity index (χ0) is 11.4. The van der Waals surface area contributed by atoms with Crippen LogP contribution in [0.15, 0.2) is 18.2 Å². The Bertz CT molecular complexity index is 405. The number of nitro groups is 1. The molecule has 0 aromatic heterocycles. The highest BCUT2D eigenvalue weighted by molar-refractivity contribution is 6.61. The van der Waals surface area contributed by atoms with E-state index in [0.29, 0.717) is 6.42 Å². The van der Waals surface area contributed by atoms with Gasteiger partial charge in [0.25, 0.3) is 0 Å². The molecular weight excluding hydrogens is 222 g/mol. The quantitative estimate of drug-likeness (QED) is 0.454. The predicted octanol–water partition coefficient (Wildman–Crippen LogP) is 2.89. The number of aryl methyl sites for hydroxylation is 1. The predicted molar refractivity (Wildman–Crippen MR) is 54.4 cm³/mol. The molecule has 0 spiro atoms. The number of hydrogen-bond acceptors (Lipinski definition) is 4. The van der Waals surface area contributed by atoms with E-state index in [-0.39, 0.29) is 11.4 Å². The zero-order valence-corrected chi connectivity index (χ0v) is 8.65. The van der Waals surface area contributed by atoms with Gasteiger partial charge < -0.3 is 4.74 Å². The highest BCUT2D eigenvalue weighted by Gasteiger charge is 2.17. The maximum absolute atomic E-state index is 10.6.